The van der Waals surface area contributed by atoms with Gasteiger partial charge >= 0.3 is 0 Å². The van der Waals surface area contributed by atoms with Crippen LogP contribution in [0.4, 0.5) is 4.39 Å². The number of nitrogens with zero attached hydrogens (tertiary/aromatic N) is 1. The highest BCUT2D eigenvalue weighted by atomic mass is 32.1. The molecule has 0 spiro atoms. The Labute approximate surface area is 119 Å². The lowest BCUT2D eigenvalue weighted by atomic mass is 9.93. The summed E-state index contributed by atoms with van der Waals surface area (Å²) in [6.45, 7) is 6.37. The van der Waals surface area contributed by atoms with Gasteiger partial charge in [0.25, 0.3) is 0 Å². The topological polar surface area (TPSA) is 29.3 Å². The Morgan fingerprint density at radius 2 is 2.16 bits per heavy atom. The molecular weight excluding hydrogens is 259 g/mol. The molecule has 4 heteroatoms. The van der Waals surface area contributed by atoms with Crippen molar-refractivity contribution >= 4 is 17.2 Å². The molecule has 1 aromatic carbocycles. The molecule has 2 atom stereocenters. The highest BCUT2D eigenvalue weighted by Crippen LogP contribution is 2.24. The van der Waals surface area contributed by atoms with Crippen molar-refractivity contribution in [1.29, 1.82) is 0 Å². The van der Waals surface area contributed by atoms with Gasteiger partial charge in [0, 0.05) is 18.2 Å². The Bertz CT molecular complexity index is 475. The average molecular weight is 280 g/mol. The van der Waals surface area contributed by atoms with Gasteiger partial charge in [-0.25, -0.2) is 4.39 Å². The van der Waals surface area contributed by atoms with E-state index in [-0.39, 0.29) is 10.8 Å². The molecular formula is C15H21FN2S. The summed E-state index contributed by atoms with van der Waals surface area (Å²) in [5.41, 5.74) is 7.14. The van der Waals surface area contributed by atoms with E-state index in [1.807, 2.05) is 6.07 Å². The molecule has 0 aliphatic carbocycles. The number of benzene rings is 1. The van der Waals surface area contributed by atoms with Crippen LogP contribution in [0.15, 0.2) is 18.2 Å². The number of rotatable bonds is 3. The Morgan fingerprint density at radius 3 is 2.79 bits per heavy atom. The van der Waals surface area contributed by atoms with Gasteiger partial charge in [-0.15, -0.1) is 0 Å². The molecule has 104 valence electrons. The molecule has 2 rings (SSSR count). The third kappa shape index (κ3) is 3.74. The fourth-order valence-electron chi connectivity index (χ4n) is 2.81. The van der Waals surface area contributed by atoms with Gasteiger partial charge < -0.3 is 5.73 Å². The average Bonchev–Trinajstić information content (AvgIpc) is 2.32. The smallest absolute Gasteiger partial charge is 0.124 e. The zero-order chi connectivity index (χ0) is 14.0. The molecule has 2 unspecified atom stereocenters. The normalized spacial score (nSPS) is 24.4. The monoisotopic (exact) mass is 280 g/mol. The quantitative estimate of drug-likeness (QED) is 0.863. The third-order valence-corrected chi connectivity index (χ3v) is 4.14. The van der Waals surface area contributed by atoms with Gasteiger partial charge in [-0.2, -0.15) is 0 Å². The second-order valence-electron chi connectivity index (χ2n) is 5.66. The fraction of sp³-hybridized carbons (Fsp3) is 0.533. The Hall–Kier alpha value is -1.00. The van der Waals surface area contributed by atoms with Crippen LogP contribution in [0.1, 0.15) is 37.8 Å². The van der Waals surface area contributed by atoms with E-state index in [9.17, 15) is 4.39 Å². The van der Waals surface area contributed by atoms with Gasteiger partial charge in [-0.3, -0.25) is 4.90 Å². The maximum atomic E-state index is 13.6. The molecule has 1 aliphatic rings. The molecule has 0 saturated carbocycles. The number of nitrogens with two attached hydrogens (primary N) is 1. The van der Waals surface area contributed by atoms with Crippen molar-refractivity contribution in [3.63, 3.8) is 0 Å². The lowest BCUT2D eigenvalue weighted by molar-refractivity contribution is 0.122. The first-order valence-electron chi connectivity index (χ1n) is 6.79. The molecule has 0 radical (unpaired) electrons. The number of hydrogen-bond donors (Lipinski definition) is 1. The second kappa shape index (κ2) is 5.97. The molecule has 1 aliphatic heterocycles. The van der Waals surface area contributed by atoms with Crippen molar-refractivity contribution in [3.05, 3.63) is 35.1 Å². The summed E-state index contributed by atoms with van der Waals surface area (Å²) >= 11 is 4.92. The third-order valence-electron chi connectivity index (χ3n) is 3.90. The van der Waals surface area contributed by atoms with Crippen LogP contribution < -0.4 is 5.73 Å². The van der Waals surface area contributed by atoms with Crippen LogP contribution in [-0.4, -0.2) is 22.5 Å². The first-order valence-corrected chi connectivity index (χ1v) is 7.20. The number of piperidine rings is 1. The van der Waals surface area contributed by atoms with Crippen molar-refractivity contribution in [2.45, 2.75) is 39.3 Å². The molecule has 1 heterocycles. The minimum absolute atomic E-state index is 0.251. The van der Waals surface area contributed by atoms with E-state index in [2.05, 4.69) is 18.7 Å². The largest absolute Gasteiger partial charge is 0.389 e. The number of likely N-dealkylation sites (tertiary alicyclic amines) is 1. The standard InChI is InChI=1S/C15H21FN2S/c1-10-3-4-18(11(2)5-10)9-12-6-13(15(17)19)8-14(16)7-12/h6-8,10-11H,3-5,9H2,1-2H3,(H2,17,19). The SMILES string of the molecule is CC1CCN(Cc2cc(F)cc(C(N)=S)c2)C(C)C1. The zero-order valence-electron chi connectivity index (χ0n) is 11.5. The Balaban J connectivity index is 2.12. The summed E-state index contributed by atoms with van der Waals surface area (Å²) in [6.07, 6.45) is 2.42. The van der Waals surface area contributed by atoms with Gasteiger partial charge in [0.2, 0.25) is 0 Å². The van der Waals surface area contributed by atoms with Crippen LogP contribution in [0, 0.1) is 11.7 Å². The lowest BCUT2D eigenvalue weighted by Crippen LogP contribution is -2.39. The van der Waals surface area contributed by atoms with E-state index in [4.69, 9.17) is 18.0 Å². The predicted octanol–water partition coefficient (Wildman–Crippen LogP) is 3.08. The predicted molar refractivity (Wildman–Crippen MR) is 80.6 cm³/mol. The molecule has 0 bridgehead atoms. The lowest BCUT2D eigenvalue weighted by Gasteiger charge is -2.36. The number of halogens is 1. The highest BCUT2D eigenvalue weighted by Gasteiger charge is 2.22. The van der Waals surface area contributed by atoms with Crippen LogP contribution in [0.5, 0.6) is 0 Å². The molecule has 1 fully saturated rings. The van der Waals surface area contributed by atoms with Crippen LogP contribution in [0.3, 0.4) is 0 Å². The maximum Gasteiger partial charge on any atom is 0.124 e. The van der Waals surface area contributed by atoms with E-state index in [0.29, 0.717) is 11.6 Å². The van der Waals surface area contributed by atoms with Gasteiger partial charge in [0.1, 0.15) is 10.8 Å². The summed E-state index contributed by atoms with van der Waals surface area (Å²) in [6, 6.07) is 5.41. The molecule has 0 amide bonds. The van der Waals surface area contributed by atoms with Crippen LogP contribution in [0.25, 0.3) is 0 Å². The van der Waals surface area contributed by atoms with E-state index < -0.39 is 0 Å². The molecule has 1 aromatic rings. The van der Waals surface area contributed by atoms with Crippen LogP contribution >= 0.6 is 12.2 Å². The van der Waals surface area contributed by atoms with Crippen molar-refractivity contribution < 1.29 is 4.39 Å². The van der Waals surface area contributed by atoms with E-state index in [1.165, 1.54) is 18.9 Å². The highest BCUT2D eigenvalue weighted by molar-refractivity contribution is 7.80. The summed E-state index contributed by atoms with van der Waals surface area (Å²) in [5.74, 6) is 0.518. The molecule has 2 nitrogen and oxygen atoms in total. The van der Waals surface area contributed by atoms with Gasteiger partial charge in [-0.1, -0.05) is 19.1 Å². The fourth-order valence-corrected chi connectivity index (χ4v) is 2.93. The van der Waals surface area contributed by atoms with Gasteiger partial charge in [-0.05, 0) is 56.0 Å². The van der Waals surface area contributed by atoms with Crippen molar-refractivity contribution in [2.24, 2.45) is 11.7 Å². The first-order chi connectivity index (χ1) is 8.95. The van der Waals surface area contributed by atoms with E-state index in [0.717, 1.165) is 24.6 Å². The van der Waals surface area contributed by atoms with E-state index >= 15 is 0 Å². The van der Waals surface area contributed by atoms with Gasteiger partial charge in [0.05, 0.1) is 0 Å². The second-order valence-corrected chi connectivity index (χ2v) is 6.10. The summed E-state index contributed by atoms with van der Waals surface area (Å²) in [5, 5.41) is 0. The number of thiocarbonyl (C=S) groups is 1. The van der Waals surface area contributed by atoms with Crippen LogP contribution in [-0.2, 0) is 6.54 Å². The Kier molecular flexibility index (Phi) is 4.53. The van der Waals surface area contributed by atoms with Crippen molar-refractivity contribution in [3.8, 4) is 0 Å². The summed E-state index contributed by atoms with van der Waals surface area (Å²) in [4.78, 5) is 2.65. The van der Waals surface area contributed by atoms with Crippen molar-refractivity contribution in [1.82, 2.24) is 4.90 Å². The van der Waals surface area contributed by atoms with E-state index in [1.54, 1.807) is 6.07 Å². The van der Waals surface area contributed by atoms with Crippen LogP contribution in [0.2, 0.25) is 0 Å². The maximum absolute atomic E-state index is 13.6. The first kappa shape index (κ1) is 14.4. The summed E-state index contributed by atoms with van der Waals surface area (Å²) in [7, 11) is 0. The minimum atomic E-state index is -0.265. The van der Waals surface area contributed by atoms with Gasteiger partial charge in [0.15, 0.2) is 0 Å². The minimum Gasteiger partial charge on any atom is -0.389 e. The summed E-state index contributed by atoms with van der Waals surface area (Å²) < 4.78 is 13.6. The molecule has 19 heavy (non-hydrogen) atoms. The number of hydrogen-bond acceptors (Lipinski definition) is 2. The molecule has 0 aromatic heterocycles. The molecule has 2 N–H and O–H groups in total. The van der Waals surface area contributed by atoms with Crippen molar-refractivity contribution in [2.75, 3.05) is 6.54 Å². The Morgan fingerprint density at radius 1 is 1.42 bits per heavy atom. The zero-order valence-corrected chi connectivity index (χ0v) is 12.3. The molecule has 1 saturated heterocycles.